The molecule has 16 nitrogen and oxygen atoms in total. The van der Waals surface area contributed by atoms with Gasteiger partial charge in [0, 0.05) is 102 Å². The van der Waals surface area contributed by atoms with Crippen molar-refractivity contribution < 1.29 is 28.7 Å². The number of esters is 2. The number of nitrogens with one attached hydrogen (secondary N) is 3. The molecule has 2 saturated carbocycles. The number of aryl methyl sites for hydroxylation is 1. The zero-order valence-electron chi connectivity index (χ0n) is 33.8. The van der Waals surface area contributed by atoms with Crippen LogP contribution in [0.15, 0.2) is 73.6 Å². The van der Waals surface area contributed by atoms with Crippen LogP contribution >= 0.6 is 0 Å². The van der Waals surface area contributed by atoms with Gasteiger partial charge in [0.25, 0.3) is 0 Å². The quantitative estimate of drug-likeness (QED) is 0.0946. The number of amides is 2. The fourth-order valence-corrected chi connectivity index (χ4v) is 7.50. The molecule has 0 bridgehead atoms. The Balaban J connectivity index is 1.05. The fraction of sp³-hybridized carbons (Fsp3) is 0.318. The van der Waals surface area contributed by atoms with Gasteiger partial charge in [-0.2, -0.15) is 0 Å². The number of pyridine rings is 6. The summed E-state index contributed by atoms with van der Waals surface area (Å²) >= 11 is 0. The van der Waals surface area contributed by atoms with Crippen molar-refractivity contribution >= 4 is 68.6 Å². The average molecular weight is 809 g/mol. The van der Waals surface area contributed by atoms with E-state index < -0.39 is 10.8 Å². The van der Waals surface area contributed by atoms with Gasteiger partial charge in [-0.25, -0.2) is 19.9 Å². The van der Waals surface area contributed by atoms with E-state index in [4.69, 9.17) is 25.2 Å². The number of aromatic nitrogens is 6. The second-order valence-electron chi connectivity index (χ2n) is 16.3. The first-order valence-electron chi connectivity index (χ1n) is 19.5. The lowest BCUT2D eigenvalue weighted by Gasteiger charge is -2.16. The number of rotatable bonds is 13. The molecule has 2 fully saturated rings. The van der Waals surface area contributed by atoms with Crippen LogP contribution in [0.5, 0.6) is 0 Å². The van der Waals surface area contributed by atoms with E-state index in [1.54, 1.807) is 43.2 Å². The van der Waals surface area contributed by atoms with Crippen LogP contribution in [-0.2, 0) is 35.2 Å². The topological polar surface area (TPSA) is 226 Å². The van der Waals surface area contributed by atoms with E-state index in [1.165, 1.54) is 13.8 Å². The maximum Gasteiger partial charge on any atom is 0.302 e. The molecule has 5 N–H and O–H groups in total. The molecule has 16 heteroatoms. The molecule has 2 aliphatic carbocycles. The number of nitrogen functional groups attached to an aromatic ring is 1. The number of carbonyl (C=O) groups excluding carboxylic acids is 4. The van der Waals surface area contributed by atoms with Crippen LogP contribution in [0.4, 0.5) is 23.3 Å². The summed E-state index contributed by atoms with van der Waals surface area (Å²) in [6.45, 7) is 9.23. The number of hydrogen-bond acceptors (Lipinski definition) is 14. The smallest absolute Gasteiger partial charge is 0.302 e. The van der Waals surface area contributed by atoms with Crippen LogP contribution in [0.25, 0.3) is 44.1 Å². The van der Waals surface area contributed by atoms with Crippen LogP contribution < -0.4 is 21.7 Å². The summed E-state index contributed by atoms with van der Waals surface area (Å²) in [5.41, 5.74) is 10.3. The minimum atomic E-state index is -0.413. The molecule has 6 aromatic heterocycles. The van der Waals surface area contributed by atoms with E-state index in [0.29, 0.717) is 53.6 Å². The van der Waals surface area contributed by atoms with E-state index in [9.17, 15) is 19.2 Å². The number of carbonyl (C=O) groups is 4. The van der Waals surface area contributed by atoms with Crippen molar-refractivity contribution in [2.45, 2.75) is 54.0 Å². The molecule has 2 amide bonds. The van der Waals surface area contributed by atoms with Gasteiger partial charge in [-0.1, -0.05) is 13.8 Å². The summed E-state index contributed by atoms with van der Waals surface area (Å²) in [7, 11) is 0. The number of hydrogen-bond donors (Lipinski definition) is 4. The van der Waals surface area contributed by atoms with E-state index in [2.05, 4.69) is 35.9 Å². The third kappa shape index (κ3) is 8.26. The first-order chi connectivity index (χ1) is 28.7. The van der Waals surface area contributed by atoms with E-state index >= 15 is 0 Å². The monoisotopic (exact) mass is 808 g/mol. The number of fused-ring (bicyclic) bond motifs is 2. The Labute approximate surface area is 345 Å². The van der Waals surface area contributed by atoms with Crippen molar-refractivity contribution in [3.8, 4) is 22.5 Å². The van der Waals surface area contributed by atoms with Crippen molar-refractivity contribution in [1.29, 1.82) is 0 Å². The molecule has 0 saturated heterocycles. The molecule has 60 heavy (non-hydrogen) atoms. The highest BCUT2D eigenvalue weighted by Gasteiger charge is 2.56. The molecule has 6 heterocycles. The Morgan fingerprint density at radius 2 is 1.27 bits per heavy atom. The lowest BCUT2D eigenvalue weighted by atomic mass is 10.0. The molecule has 0 spiro atoms. The van der Waals surface area contributed by atoms with Crippen molar-refractivity contribution in [3.05, 3.63) is 84.7 Å². The lowest BCUT2D eigenvalue weighted by Crippen LogP contribution is -2.21. The number of ether oxygens (including phenoxy) is 2. The normalized spacial score (nSPS) is 20.3. The average Bonchev–Trinajstić information content (AvgIpc) is 4.12. The Kier molecular flexibility index (Phi) is 10.3. The molecule has 2 aliphatic rings. The zero-order valence-corrected chi connectivity index (χ0v) is 33.8. The standard InChI is InChI=1S/C44H44N10O6/c1-23-6-8-46-17-29(23)35-11-28-13-38(54-42(58)34-15-44(34,5)22-60-25(3)56)49-20-32(28)40(52-35)50-16-26-7-9-47-18-30(26)36-10-27-12-37(48-19-31(27)39(45)51-36)53-41(57)33-14-43(33,4)21-59-24(2)55/h6-13,17-20,33-34H,14-16,21-22H2,1-5H3,(H2,45,51)(H,50,52)(H,48,53,57)(H,49,54,58)/t33-,34+,43-,44+/m1/s1. The van der Waals surface area contributed by atoms with Crippen LogP contribution in [0, 0.1) is 29.6 Å². The van der Waals surface area contributed by atoms with Gasteiger partial charge in [0.05, 0.1) is 24.6 Å². The minimum Gasteiger partial charge on any atom is -0.465 e. The number of nitrogens with two attached hydrogens (primary N) is 1. The molecule has 6 aromatic rings. The predicted molar refractivity (Wildman–Crippen MR) is 225 cm³/mol. The Hall–Kier alpha value is -7.10. The third-order valence-electron chi connectivity index (χ3n) is 11.5. The van der Waals surface area contributed by atoms with Gasteiger partial charge in [-0.15, -0.1) is 0 Å². The van der Waals surface area contributed by atoms with E-state index in [0.717, 1.165) is 38.4 Å². The van der Waals surface area contributed by atoms with Gasteiger partial charge in [0.1, 0.15) is 23.3 Å². The molecular formula is C44H44N10O6. The first-order valence-corrected chi connectivity index (χ1v) is 19.5. The molecule has 0 unspecified atom stereocenters. The highest BCUT2D eigenvalue weighted by atomic mass is 16.5. The third-order valence-corrected chi connectivity index (χ3v) is 11.5. The molecule has 4 atom stereocenters. The Bertz CT molecular complexity index is 2730. The summed E-state index contributed by atoms with van der Waals surface area (Å²) in [5.74, 6) is -0.158. The van der Waals surface area contributed by atoms with Gasteiger partial charge in [-0.3, -0.25) is 29.1 Å². The fourth-order valence-electron chi connectivity index (χ4n) is 7.50. The molecule has 306 valence electrons. The zero-order chi connectivity index (χ0) is 42.3. The Morgan fingerprint density at radius 3 is 1.85 bits per heavy atom. The van der Waals surface area contributed by atoms with Crippen LogP contribution in [-0.4, -0.2) is 66.9 Å². The van der Waals surface area contributed by atoms with Crippen molar-refractivity contribution in [3.63, 3.8) is 0 Å². The van der Waals surface area contributed by atoms with Crippen molar-refractivity contribution in [2.24, 2.45) is 22.7 Å². The largest absolute Gasteiger partial charge is 0.465 e. The van der Waals surface area contributed by atoms with Gasteiger partial charge >= 0.3 is 11.9 Å². The van der Waals surface area contributed by atoms with Crippen molar-refractivity contribution in [1.82, 2.24) is 29.9 Å². The molecule has 0 aliphatic heterocycles. The van der Waals surface area contributed by atoms with Gasteiger partial charge < -0.3 is 31.2 Å². The molecule has 8 rings (SSSR count). The van der Waals surface area contributed by atoms with Gasteiger partial charge in [0.15, 0.2) is 0 Å². The minimum absolute atomic E-state index is 0.182. The summed E-state index contributed by atoms with van der Waals surface area (Å²) < 4.78 is 10.4. The molecule has 0 radical (unpaired) electrons. The second kappa shape index (κ2) is 15.6. The highest BCUT2D eigenvalue weighted by Crippen LogP contribution is 2.53. The second-order valence-corrected chi connectivity index (χ2v) is 16.3. The van der Waals surface area contributed by atoms with E-state index in [1.807, 2.05) is 51.1 Å². The van der Waals surface area contributed by atoms with Crippen molar-refractivity contribution in [2.75, 3.05) is 34.9 Å². The summed E-state index contributed by atoms with van der Waals surface area (Å²) in [6, 6.07) is 11.2. The SMILES string of the molecule is CC(=O)OC[C@@]1(C)C[C@@H]1C(=O)Nc1cc2cc(-c3cnccc3CNc3nc(-c4cnccc4C)cc4cc(NC(=O)[C@@H]5C[C@@]5(C)COC(C)=O)ncc34)nc(N)c2cn1. The van der Waals surface area contributed by atoms with Gasteiger partial charge in [-0.05, 0) is 78.1 Å². The predicted octanol–water partition coefficient (Wildman–Crippen LogP) is 6.26. The molecular weight excluding hydrogens is 765 g/mol. The number of nitrogens with zero attached hydrogens (tertiary/aromatic N) is 6. The van der Waals surface area contributed by atoms with Crippen LogP contribution in [0.2, 0.25) is 0 Å². The first kappa shape index (κ1) is 39.7. The maximum absolute atomic E-state index is 13.2. The molecule has 0 aromatic carbocycles. The number of anilines is 4. The summed E-state index contributed by atoms with van der Waals surface area (Å²) in [4.78, 5) is 76.5. The maximum atomic E-state index is 13.2. The van der Waals surface area contributed by atoms with Crippen LogP contribution in [0.3, 0.4) is 0 Å². The lowest BCUT2D eigenvalue weighted by molar-refractivity contribution is -0.143. The van der Waals surface area contributed by atoms with Gasteiger partial charge in [0.2, 0.25) is 11.8 Å². The van der Waals surface area contributed by atoms with Crippen LogP contribution in [0.1, 0.15) is 51.7 Å². The Morgan fingerprint density at radius 1 is 0.733 bits per heavy atom. The summed E-state index contributed by atoms with van der Waals surface area (Å²) in [6.07, 6.45) is 11.4. The summed E-state index contributed by atoms with van der Waals surface area (Å²) in [5, 5.41) is 12.2. The van der Waals surface area contributed by atoms with E-state index in [-0.39, 0.29) is 54.6 Å². The highest BCUT2D eigenvalue weighted by molar-refractivity contribution is 6.00.